The molecule has 1 amide bonds. The van der Waals surface area contributed by atoms with Crippen LogP contribution in [0.5, 0.6) is 0 Å². The maximum Gasteiger partial charge on any atom is 0.264 e. The third-order valence-corrected chi connectivity index (χ3v) is 2.04. The third-order valence-electron chi connectivity index (χ3n) is 2.04. The van der Waals surface area contributed by atoms with E-state index in [4.69, 9.17) is 9.47 Å². The van der Waals surface area contributed by atoms with Crippen LogP contribution in [0.4, 0.5) is 5.82 Å². The minimum absolute atomic E-state index is 0.231. The molecule has 0 unspecified atom stereocenters. The number of hydrogen-bond acceptors (Lipinski definition) is 5. The second-order valence-corrected chi connectivity index (χ2v) is 3.23. The van der Waals surface area contributed by atoms with Crippen molar-refractivity contribution in [2.45, 2.75) is 6.10 Å². The van der Waals surface area contributed by atoms with E-state index in [1.807, 2.05) is 0 Å². The van der Waals surface area contributed by atoms with Gasteiger partial charge < -0.3 is 14.8 Å². The van der Waals surface area contributed by atoms with Crippen LogP contribution in [-0.2, 0) is 14.3 Å². The van der Waals surface area contributed by atoms with Crippen LogP contribution in [0.25, 0.3) is 0 Å². The van der Waals surface area contributed by atoms with E-state index in [-0.39, 0.29) is 23.9 Å². The minimum atomic E-state index is -0.623. The van der Waals surface area contributed by atoms with Gasteiger partial charge in [0.25, 0.3) is 11.5 Å². The summed E-state index contributed by atoms with van der Waals surface area (Å²) in [6.45, 7) is 1.13. The molecular weight excluding hydrogens is 214 g/mol. The lowest BCUT2D eigenvalue weighted by molar-refractivity contribution is -0.142. The maximum absolute atomic E-state index is 11.6. The zero-order valence-electron chi connectivity index (χ0n) is 8.43. The summed E-state index contributed by atoms with van der Waals surface area (Å²) >= 11 is 0. The third kappa shape index (κ3) is 2.65. The van der Waals surface area contributed by atoms with Crippen LogP contribution in [0, 0.1) is 0 Å². The molecule has 1 aliphatic rings. The molecule has 0 aliphatic carbocycles. The highest BCUT2D eigenvalue weighted by atomic mass is 16.6. The van der Waals surface area contributed by atoms with Crippen LogP contribution < -0.4 is 10.9 Å². The molecule has 16 heavy (non-hydrogen) atoms. The molecule has 2 rings (SSSR count). The predicted molar refractivity (Wildman–Crippen MR) is 54.0 cm³/mol. The normalized spacial score (nSPS) is 20.4. The van der Waals surface area contributed by atoms with E-state index in [2.05, 4.69) is 15.5 Å². The first kappa shape index (κ1) is 10.8. The molecule has 7 nitrogen and oxygen atoms in total. The SMILES string of the molecule is O=C(Nc1ccc(=O)[nH]n1)[C@@H]1COCCO1. The summed E-state index contributed by atoms with van der Waals surface area (Å²) in [7, 11) is 0. The minimum Gasteiger partial charge on any atom is -0.376 e. The van der Waals surface area contributed by atoms with Crippen molar-refractivity contribution in [1.82, 2.24) is 10.2 Å². The van der Waals surface area contributed by atoms with Crippen molar-refractivity contribution in [3.63, 3.8) is 0 Å². The van der Waals surface area contributed by atoms with Crippen molar-refractivity contribution in [2.24, 2.45) is 0 Å². The van der Waals surface area contributed by atoms with Crippen molar-refractivity contribution in [2.75, 3.05) is 25.1 Å². The van der Waals surface area contributed by atoms with Gasteiger partial charge in [-0.1, -0.05) is 0 Å². The fraction of sp³-hybridized carbons (Fsp3) is 0.444. The van der Waals surface area contributed by atoms with Crippen molar-refractivity contribution in [3.05, 3.63) is 22.5 Å². The molecule has 1 saturated heterocycles. The van der Waals surface area contributed by atoms with Crippen LogP contribution in [0.3, 0.4) is 0 Å². The number of rotatable bonds is 2. The van der Waals surface area contributed by atoms with Gasteiger partial charge in [0.2, 0.25) is 0 Å². The zero-order valence-corrected chi connectivity index (χ0v) is 8.43. The zero-order chi connectivity index (χ0) is 11.4. The molecule has 0 spiro atoms. The van der Waals surface area contributed by atoms with Crippen LogP contribution in [0.15, 0.2) is 16.9 Å². The van der Waals surface area contributed by atoms with Crippen molar-refractivity contribution < 1.29 is 14.3 Å². The molecule has 2 N–H and O–H groups in total. The number of ether oxygens (including phenoxy) is 2. The number of carbonyl (C=O) groups excluding carboxylic acids is 1. The van der Waals surface area contributed by atoms with Gasteiger partial charge in [-0.3, -0.25) is 9.59 Å². The number of aromatic nitrogens is 2. The first-order valence-corrected chi connectivity index (χ1v) is 4.81. The van der Waals surface area contributed by atoms with E-state index >= 15 is 0 Å². The summed E-state index contributed by atoms with van der Waals surface area (Å²) in [6.07, 6.45) is -0.623. The van der Waals surface area contributed by atoms with E-state index < -0.39 is 6.10 Å². The van der Waals surface area contributed by atoms with Crippen LogP contribution in [0.1, 0.15) is 0 Å². The Bertz CT molecular complexity index is 405. The lowest BCUT2D eigenvalue weighted by atomic mass is 10.3. The fourth-order valence-electron chi connectivity index (χ4n) is 1.26. The van der Waals surface area contributed by atoms with Gasteiger partial charge in [0, 0.05) is 6.07 Å². The Balaban J connectivity index is 1.95. The average Bonchev–Trinajstić information content (AvgIpc) is 2.33. The Kier molecular flexibility index (Phi) is 3.28. The summed E-state index contributed by atoms with van der Waals surface area (Å²) in [6, 6.07) is 2.70. The van der Waals surface area contributed by atoms with Gasteiger partial charge in [-0.05, 0) is 6.07 Å². The van der Waals surface area contributed by atoms with E-state index in [9.17, 15) is 9.59 Å². The van der Waals surface area contributed by atoms with Gasteiger partial charge in [-0.15, -0.1) is 0 Å². The van der Waals surface area contributed by atoms with Crippen molar-refractivity contribution in [1.29, 1.82) is 0 Å². The van der Waals surface area contributed by atoms with Crippen molar-refractivity contribution in [3.8, 4) is 0 Å². The van der Waals surface area contributed by atoms with Gasteiger partial charge in [0.15, 0.2) is 11.9 Å². The summed E-state index contributed by atoms with van der Waals surface area (Å²) in [5.74, 6) is -0.0574. The van der Waals surface area contributed by atoms with Gasteiger partial charge >= 0.3 is 0 Å². The summed E-state index contributed by atoms with van der Waals surface area (Å²) in [4.78, 5) is 22.3. The van der Waals surface area contributed by atoms with Gasteiger partial charge in [0.05, 0.1) is 19.8 Å². The van der Waals surface area contributed by atoms with Gasteiger partial charge in [0.1, 0.15) is 0 Å². The summed E-state index contributed by atoms with van der Waals surface area (Å²) in [5.41, 5.74) is -0.324. The molecule has 0 aromatic carbocycles. The molecule has 0 bridgehead atoms. The standard InChI is InChI=1S/C9H11N3O4/c13-8-2-1-7(11-12-8)10-9(14)6-5-15-3-4-16-6/h1-2,6H,3-5H2,(H,12,13)(H,10,11,14)/t6-/m0/s1. The molecule has 1 atom stereocenters. The number of hydrogen-bond donors (Lipinski definition) is 2. The lowest BCUT2D eigenvalue weighted by Gasteiger charge is -2.21. The molecule has 0 saturated carbocycles. The molecule has 1 aromatic rings. The number of carbonyl (C=O) groups is 1. The van der Waals surface area contributed by atoms with E-state index in [0.717, 1.165) is 0 Å². The molecule has 86 valence electrons. The molecule has 1 aromatic heterocycles. The Morgan fingerprint density at radius 2 is 2.38 bits per heavy atom. The lowest BCUT2D eigenvalue weighted by Crippen LogP contribution is -2.39. The van der Waals surface area contributed by atoms with E-state index in [1.54, 1.807) is 0 Å². The Morgan fingerprint density at radius 3 is 3.00 bits per heavy atom. The number of anilines is 1. The molecule has 7 heteroatoms. The van der Waals surface area contributed by atoms with E-state index in [1.165, 1.54) is 12.1 Å². The summed E-state index contributed by atoms with van der Waals surface area (Å²) < 4.78 is 10.3. The van der Waals surface area contributed by atoms with Crippen LogP contribution in [-0.4, -0.2) is 42.0 Å². The average molecular weight is 225 g/mol. The second kappa shape index (κ2) is 4.86. The molecular formula is C9H11N3O4. The highest BCUT2D eigenvalue weighted by Crippen LogP contribution is 2.04. The molecule has 2 heterocycles. The Hall–Kier alpha value is -1.73. The predicted octanol–water partition coefficient (Wildman–Crippen LogP) is -0.876. The Labute approximate surface area is 90.8 Å². The largest absolute Gasteiger partial charge is 0.376 e. The number of amides is 1. The highest BCUT2D eigenvalue weighted by molar-refractivity contribution is 5.93. The number of H-pyrrole nitrogens is 1. The monoisotopic (exact) mass is 225 g/mol. The first-order chi connectivity index (χ1) is 7.75. The smallest absolute Gasteiger partial charge is 0.264 e. The van der Waals surface area contributed by atoms with Crippen LogP contribution >= 0.6 is 0 Å². The molecule has 0 radical (unpaired) electrons. The topological polar surface area (TPSA) is 93.3 Å². The van der Waals surface area contributed by atoms with Crippen molar-refractivity contribution >= 4 is 11.7 Å². The first-order valence-electron chi connectivity index (χ1n) is 4.81. The molecule has 1 aliphatic heterocycles. The van der Waals surface area contributed by atoms with Crippen LogP contribution in [0.2, 0.25) is 0 Å². The quantitative estimate of drug-likeness (QED) is 0.682. The maximum atomic E-state index is 11.6. The van der Waals surface area contributed by atoms with Gasteiger partial charge in [-0.2, -0.15) is 5.10 Å². The second-order valence-electron chi connectivity index (χ2n) is 3.23. The number of aromatic amines is 1. The van der Waals surface area contributed by atoms with E-state index in [0.29, 0.717) is 13.2 Å². The highest BCUT2D eigenvalue weighted by Gasteiger charge is 2.22. The van der Waals surface area contributed by atoms with Gasteiger partial charge in [-0.25, -0.2) is 5.10 Å². The number of nitrogens with zero attached hydrogens (tertiary/aromatic N) is 1. The fourth-order valence-corrected chi connectivity index (χ4v) is 1.26. The summed E-state index contributed by atoms with van der Waals surface area (Å²) in [5, 5.41) is 8.38. The number of nitrogens with one attached hydrogen (secondary N) is 2. The Morgan fingerprint density at radius 1 is 1.50 bits per heavy atom. The molecule has 1 fully saturated rings.